The molecular weight excluding hydrogens is 282 g/mol. The number of halogens is 1. The van der Waals surface area contributed by atoms with Crippen molar-refractivity contribution in [1.82, 2.24) is 5.32 Å². The summed E-state index contributed by atoms with van der Waals surface area (Å²) in [7, 11) is 0. The highest BCUT2D eigenvalue weighted by atomic mass is 79.9. The van der Waals surface area contributed by atoms with E-state index in [1.54, 1.807) is 0 Å². The minimum atomic E-state index is -0.141. The molecule has 1 aliphatic heterocycles. The Morgan fingerprint density at radius 2 is 2.12 bits per heavy atom. The second-order valence-electron chi connectivity index (χ2n) is 4.64. The number of rotatable bonds is 2. The van der Waals surface area contributed by atoms with Gasteiger partial charge in [0.2, 0.25) is 0 Å². The van der Waals surface area contributed by atoms with Gasteiger partial charge in [-0.05, 0) is 38.0 Å². The fourth-order valence-corrected chi connectivity index (χ4v) is 2.32. The lowest BCUT2D eigenvalue weighted by Gasteiger charge is -2.34. The van der Waals surface area contributed by atoms with Crippen molar-refractivity contribution in [3.05, 3.63) is 34.3 Å². The standard InChI is InChI=1S/C13H16BrNO2/c1-13(5-7-17-8-6-13)15-12(16)10-3-2-4-11(14)9-10/h2-4,9H,5-8H2,1H3,(H,15,16). The van der Waals surface area contributed by atoms with Crippen LogP contribution in [0, 0.1) is 0 Å². The Labute approximate surface area is 110 Å². The third-order valence-corrected chi connectivity index (χ3v) is 3.59. The van der Waals surface area contributed by atoms with Gasteiger partial charge >= 0.3 is 0 Å². The highest BCUT2D eigenvalue weighted by Crippen LogP contribution is 2.21. The average molecular weight is 298 g/mol. The maximum atomic E-state index is 12.1. The normalized spacial score (nSPS) is 18.7. The first-order valence-electron chi connectivity index (χ1n) is 5.75. The maximum Gasteiger partial charge on any atom is 0.251 e. The fourth-order valence-electron chi connectivity index (χ4n) is 1.92. The number of hydrogen-bond donors (Lipinski definition) is 1. The Kier molecular flexibility index (Phi) is 3.84. The van der Waals surface area contributed by atoms with E-state index < -0.39 is 0 Å². The molecule has 0 aliphatic carbocycles. The summed E-state index contributed by atoms with van der Waals surface area (Å²) in [4.78, 5) is 12.1. The lowest BCUT2D eigenvalue weighted by molar-refractivity contribution is 0.0423. The SMILES string of the molecule is CC1(NC(=O)c2cccc(Br)c2)CCOCC1. The molecule has 0 saturated carbocycles. The zero-order valence-electron chi connectivity index (χ0n) is 9.83. The summed E-state index contributed by atoms with van der Waals surface area (Å²) in [5.74, 6) is -0.0179. The molecule has 0 atom stereocenters. The lowest BCUT2D eigenvalue weighted by Crippen LogP contribution is -2.49. The summed E-state index contributed by atoms with van der Waals surface area (Å²) in [6.07, 6.45) is 1.74. The van der Waals surface area contributed by atoms with E-state index in [4.69, 9.17) is 4.74 Å². The number of amides is 1. The van der Waals surface area contributed by atoms with Crippen LogP contribution in [0.1, 0.15) is 30.1 Å². The van der Waals surface area contributed by atoms with Crippen molar-refractivity contribution < 1.29 is 9.53 Å². The number of carbonyl (C=O) groups excluding carboxylic acids is 1. The van der Waals surface area contributed by atoms with Crippen LogP contribution in [0.5, 0.6) is 0 Å². The number of ether oxygens (including phenoxy) is 1. The van der Waals surface area contributed by atoms with Crippen LogP contribution in [0.4, 0.5) is 0 Å². The molecule has 92 valence electrons. The van der Waals surface area contributed by atoms with Crippen molar-refractivity contribution in [2.24, 2.45) is 0 Å². The molecular formula is C13H16BrNO2. The van der Waals surface area contributed by atoms with Gasteiger partial charge < -0.3 is 10.1 Å². The molecule has 1 N–H and O–H groups in total. The van der Waals surface area contributed by atoms with Crippen LogP contribution in [0.2, 0.25) is 0 Å². The van der Waals surface area contributed by atoms with E-state index in [0.29, 0.717) is 5.56 Å². The Morgan fingerprint density at radius 1 is 1.41 bits per heavy atom. The average Bonchev–Trinajstić information content (AvgIpc) is 2.29. The van der Waals surface area contributed by atoms with Crippen LogP contribution in [0.15, 0.2) is 28.7 Å². The Morgan fingerprint density at radius 3 is 2.76 bits per heavy atom. The van der Waals surface area contributed by atoms with Gasteiger partial charge in [0.05, 0.1) is 0 Å². The van der Waals surface area contributed by atoms with Gasteiger partial charge in [0.15, 0.2) is 0 Å². The molecule has 1 aromatic carbocycles. The molecule has 17 heavy (non-hydrogen) atoms. The summed E-state index contributed by atoms with van der Waals surface area (Å²) in [5.41, 5.74) is 0.546. The van der Waals surface area contributed by atoms with Gasteiger partial charge in [-0.1, -0.05) is 22.0 Å². The molecule has 0 bridgehead atoms. The van der Waals surface area contributed by atoms with Crippen LogP contribution >= 0.6 is 15.9 Å². The number of hydrogen-bond acceptors (Lipinski definition) is 2. The summed E-state index contributed by atoms with van der Waals surface area (Å²) < 4.78 is 6.23. The Hall–Kier alpha value is -0.870. The van der Waals surface area contributed by atoms with E-state index in [-0.39, 0.29) is 11.4 Å². The van der Waals surface area contributed by atoms with E-state index in [9.17, 15) is 4.79 Å². The first-order chi connectivity index (χ1) is 8.09. The second kappa shape index (κ2) is 5.19. The van der Waals surface area contributed by atoms with Gasteiger partial charge in [-0.25, -0.2) is 0 Å². The predicted molar refractivity (Wildman–Crippen MR) is 70.1 cm³/mol. The van der Waals surface area contributed by atoms with Crippen LogP contribution in [0.25, 0.3) is 0 Å². The van der Waals surface area contributed by atoms with Gasteiger partial charge in [-0.15, -0.1) is 0 Å². The highest BCUT2D eigenvalue weighted by Gasteiger charge is 2.29. The van der Waals surface area contributed by atoms with Crippen LogP contribution < -0.4 is 5.32 Å². The Balaban J connectivity index is 2.06. The van der Waals surface area contributed by atoms with Crippen LogP contribution in [0.3, 0.4) is 0 Å². The summed E-state index contributed by atoms with van der Waals surface area (Å²) in [6, 6.07) is 7.43. The van der Waals surface area contributed by atoms with Gasteiger partial charge in [-0.2, -0.15) is 0 Å². The molecule has 2 rings (SSSR count). The number of nitrogens with one attached hydrogen (secondary N) is 1. The minimum Gasteiger partial charge on any atom is -0.381 e. The van der Waals surface area contributed by atoms with E-state index in [0.717, 1.165) is 30.5 Å². The summed E-state index contributed by atoms with van der Waals surface area (Å²) in [6.45, 7) is 3.51. The van der Waals surface area contributed by atoms with Crippen molar-refractivity contribution in [3.8, 4) is 0 Å². The minimum absolute atomic E-state index is 0.0179. The summed E-state index contributed by atoms with van der Waals surface area (Å²) in [5, 5.41) is 3.10. The molecule has 3 nitrogen and oxygen atoms in total. The first kappa shape index (κ1) is 12.6. The number of benzene rings is 1. The zero-order chi connectivity index (χ0) is 12.3. The fraction of sp³-hybridized carbons (Fsp3) is 0.462. The molecule has 0 radical (unpaired) electrons. The van der Waals surface area contributed by atoms with E-state index >= 15 is 0 Å². The molecule has 1 amide bonds. The predicted octanol–water partition coefficient (Wildman–Crippen LogP) is 2.75. The largest absolute Gasteiger partial charge is 0.381 e. The van der Waals surface area contributed by atoms with Crippen molar-refractivity contribution in [1.29, 1.82) is 0 Å². The zero-order valence-corrected chi connectivity index (χ0v) is 11.4. The third-order valence-electron chi connectivity index (χ3n) is 3.10. The molecule has 0 aromatic heterocycles. The van der Waals surface area contributed by atoms with Crippen molar-refractivity contribution in [2.75, 3.05) is 13.2 Å². The van der Waals surface area contributed by atoms with Gasteiger partial charge in [-0.3, -0.25) is 4.79 Å². The smallest absolute Gasteiger partial charge is 0.251 e. The topological polar surface area (TPSA) is 38.3 Å². The molecule has 1 aliphatic rings. The Bertz CT molecular complexity index is 414. The second-order valence-corrected chi connectivity index (χ2v) is 5.55. The van der Waals surface area contributed by atoms with Crippen molar-refractivity contribution in [3.63, 3.8) is 0 Å². The highest BCUT2D eigenvalue weighted by molar-refractivity contribution is 9.10. The van der Waals surface area contributed by atoms with Gasteiger partial charge in [0.25, 0.3) is 5.91 Å². The molecule has 1 saturated heterocycles. The molecule has 1 aromatic rings. The van der Waals surface area contributed by atoms with Gasteiger partial charge in [0, 0.05) is 28.8 Å². The van der Waals surface area contributed by atoms with Crippen molar-refractivity contribution in [2.45, 2.75) is 25.3 Å². The maximum absolute atomic E-state index is 12.1. The third kappa shape index (κ3) is 3.30. The van der Waals surface area contributed by atoms with E-state index in [1.807, 2.05) is 24.3 Å². The van der Waals surface area contributed by atoms with Crippen molar-refractivity contribution >= 4 is 21.8 Å². The first-order valence-corrected chi connectivity index (χ1v) is 6.54. The van der Waals surface area contributed by atoms with E-state index in [1.165, 1.54) is 0 Å². The monoisotopic (exact) mass is 297 g/mol. The van der Waals surface area contributed by atoms with Crippen LogP contribution in [-0.4, -0.2) is 24.7 Å². The quantitative estimate of drug-likeness (QED) is 0.911. The molecule has 4 heteroatoms. The molecule has 0 unspecified atom stereocenters. The molecule has 1 heterocycles. The van der Waals surface area contributed by atoms with Gasteiger partial charge in [0.1, 0.15) is 0 Å². The molecule has 1 fully saturated rings. The van der Waals surface area contributed by atoms with Crippen LogP contribution in [-0.2, 0) is 4.74 Å². The summed E-state index contributed by atoms with van der Waals surface area (Å²) >= 11 is 3.37. The number of carbonyl (C=O) groups is 1. The lowest BCUT2D eigenvalue weighted by atomic mass is 9.92. The van der Waals surface area contributed by atoms with E-state index in [2.05, 4.69) is 28.2 Å². The molecule has 0 spiro atoms.